The topological polar surface area (TPSA) is 53.6 Å². The van der Waals surface area contributed by atoms with Crippen LogP contribution >= 0.6 is 0 Å². The molecule has 1 fully saturated rings. The van der Waals surface area contributed by atoms with Crippen molar-refractivity contribution in [1.29, 1.82) is 0 Å². The molecule has 0 unspecified atom stereocenters. The molecule has 2 N–H and O–H groups in total. The number of hydrogen-bond acceptors (Lipinski definition) is 3. The monoisotopic (exact) mass is 348 g/mol. The van der Waals surface area contributed by atoms with E-state index in [2.05, 4.69) is 50.6 Å². The third kappa shape index (κ3) is 3.96. The molecule has 2 heterocycles. The van der Waals surface area contributed by atoms with Gasteiger partial charge in [0.2, 0.25) is 0 Å². The summed E-state index contributed by atoms with van der Waals surface area (Å²) in [7, 11) is 0. The second kappa shape index (κ2) is 8.00. The lowest BCUT2D eigenvalue weighted by Crippen LogP contribution is -2.19. The van der Waals surface area contributed by atoms with Crippen LogP contribution in [0.15, 0.2) is 36.7 Å². The molecule has 0 amide bonds. The molecule has 1 saturated carbocycles. The summed E-state index contributed by atoms with van der Waals surface area (Å²) in [6, 6.07) is 11.0. The third-order valence-corrected chi connectivity index (χ3v) is 5.65. The van der Waals surface area contributed by atoms with Crippen LogP contribution in [-0.4, -0.2) is 21.5 Å². The molecular formula is C22H28N4. The third-order valence-electron chi connectivity index (χ3n) is 5.65. The highest BCUT2D eigenvalue weighted by molar-refractivity contribution is 5.79. The van der Waals surface area contributed by atoms with Gasteiger partial charge in [0.25, 0.3) is 0 Å². The van der Waals surface area contributed by atoms with E-state index in [-0.39, 0.29) is 0 Å². The van der Waals surface area contributed by atoms with Crippen molar-refractivity contribution in [2.75, 3.05) is 6.54 Å². The van der Waals surface area contributed by atoms with Crippen LogP contribution in [-0.2, 0) is 6.54 Å². The predicted molar refractivity (Wildman–Crippen MR) is 107 cm³/mol. The first-order valence-electron chi connectivity index (χ1n) is 9.90. The average molecular weight is 348 g/mol. The van der Waals surface area contributed by atoms with Crippen LogP contribution in [0.4, 0.5) is 0 Å². The van der Waals surface area contributed by atoms with E-state index in [0.717, 1.165) is 35.9 Å². The number of aromatic nitrogens is 3. The molecule has 2 aromatic heterocycles. The molecule has 136 valence electrons. The molecular weight excluding hydrogens is 320 g/mol. The maximum Gasteiger partial charge on any atom is 0.177 e. The summed E-state index contributed by atoms with van der Waals surface area (Å²) in [4.78, 5) is 12.0. The largest absolute Gasteiger partial charge is 0.343 e. The average Bonchev–Trinajstić information content (AvgIpc) is 3.13. The fraction of sp³-hybridized carbons (Fsp3) is 0.455. The molecule has 4 heteroatoms. The van der Waals surface area contributed by atoms with E-state index in [0.29, 0.717) is 0 Å². The zero-order chi connectivity index (χ0) is 17.8. The second-order valence-corrected chi connectivity index (χ2v) is 7.56. The molecule has 1 aliphatic rings. The summed E-state index contributed by atoms with van der Waals surface area (Å²) in [5, 5.41) is 3.61. The number of H-pyrrole nitrogens is 1. The first kappa shape index (κ1) is 17.2. The van der Waals surface area contributed by atoms with Gasteiger partial charge in [-0.15, -0.1) is 0 Å². The first-order valence-corrected chi connectivity index (χ1v) is 9.90. The number of imidazole rings is 1. The zero-order valence-electron chi connectivity index (χ0n) is 15.6. The predicted octanol–water partition coefficient (Wildman–Crippen LogP) is 4.99. The minimum Gasteiger partial charge on any atom is -0.343 e. The van der Waals surface area contributed by atoms with Crippen molar-refractivity contribution in [3.05, 3.63) is 47.9 Å². The lowest BCUT2D eigenvalue weighted by atomic mass is 9.87. The Balaban J connectivity index is 1.34. The molecule has 0 aliphatic heterocycles. The SMILES string of the molecule is Cc1nc2nc[nH]c2cc1-c1ccc(CNCCC2CCCCC2)cc1. The summed E-state index contributed by atoms with van der Waals surface area (Å²) in [5.41, 5.74) is 6.49. The molecule has 0 radical (unpaired) electrons. The fourth-order valence-electron chi connectivity index (χ4n) is 4.07. The molecule has 0 bridgehead atoms. The van der Waals surface area contributed by atoms with E-state index in [1.807, 2.05) is 6.92 Å². The lowest BCUT2D eigenvalue weighted by Gasteiger charge is -2.21. The van der Waals surface area contributed by atoms with Gasteiger partial charge in [0.05, 0.1) is 11.8 Å². The Morgan fingerprint density at radius 2 is 1.92 bits per heavy atom. The number of nitrogens with zero attached hydrogens (tertiary/aromatic N) is 2. The second-order valence-electron chi connectivity index (χ2n) is 7.56. The van der Waals surface area contributed by atoms with Gasteiger partial charge in [-0.25, -0.2) is 9.97 Å². The van der Waals surface area contributed by atoms with Gasteiger partial charge in [-0.1, -0.05) is 56.4 Å². The van der Waals surface area contributed by atoms with Crippen molar-refractivity contribution < 1.29 is 0 Å². The van der Waals surface area contributed by atoms with Crippen molar-refractivity contribution in [1.82, 2.24) is 20.3 Å². The van der Waals surface area contributed by atoms with Crippen molar-refractivity contribution in [2.45, 2.75) is 52.0 Å². The maximum absolute atomic E-state index is 4.58. The van der Waals surface area contributed by atoms with Gasteiger partial charge in [0, 0.05) is 17.8 Å². The minimum atomic E-state index is 0.782. The minimum absolute atomic E-state index is 0.782. The van der Waals surface area contributed by atoms with Crippen molar-refractivity contribution in [2.24, 2.45) is 5.92 Å². The van der Waals surface area contributed by atoms with Gasteiger partial charge in [0.1, 0.15) is 0 Å². The highest BCUT2D eigenvalue weighted by atomic mass is 15.0. The van der Waals surface area contributed by atoms with Crippen molar-refractivity contribution in [3.8, 4) is 11.1 Å². The summed E-state index contributed by atoms with van der Waals surface area (Å²) < 4.78 is 0. The molecule has 4 nitrogen and oxygen atoms in total. The van der Waals surface area contributed by atoms with E-state index >= 15 is 0 Å². The number of fused-ring (bicyclic) bond motifs is 1. The van der Waals surface area contributed by atoms with E-state index in [4.69, 9.17) is 0 Å². The van der Waals surface area contributed by atoms with Crippen LogP contribution in [0.3, 0.4) is 0 Å². The van der Waals surface area contributed by atoms with Crippen LogP contribution in [0.25, 0.3) is 22.3 Å². The zero-order valence-corrected chi connectivity index (χ0v) is 15.6. The highest BCUT2D eigenvalue weighted by Gasteiger charge is 2.12. The first-order chi connectivity index (χ1) is 12.8. The van der Waals surface area contributed by atoms with Gasteiger partial charge in [0.15, 0.2) is 5.65 Å². The molecule has 0 saturated heterocycles. The van der Waals surface area contributed by atoms with Crippen molar-refractivity contribution in [3.63, 3.8) is 0 Å². The van der Waals surface area contributed by atoms with Gasteiger partial charge in [-0.3, -0.25) is 0 Å². The summed E-state index contributed by atoms with van der Waals surface area (Å²) in [6.07, 6.45) is 10.2. The summed E-state index contributed by atoms with van der Waals surface area (Å²) >= 11 is 0. The van der Waals surface area contributed by atoms with Crippen molar-refractivity contribution >= 4 is 11.2 Å². The quantitative estimate of drug-likeness (QED) is 0.617. The number of nitrogens with one attached hydrogen (secondary N) is 2. The Labute approximate surface area is 155 Å². The Hall–Kier alpha value is -2.20. The van der Waals surface area contributed by atoms with Gasteiger partial charge in [-0.2, -0.15) is 0 Å². The van der Waals surface area contributed by atoms with Crippen LogP contribution < -0.4 is 5.32 Å². The van der Waals surface area contributed by atoms with Gasteiger partial charge < -0.3 is 10.3 Å². The van der Waals surface area contributed by atoms with E-state index in [9.17, 15) is 0 Å². The van der Waals surface area contributed by atoms with E-state index < -0.39 is 0 Å². The molecule has 4 rings (SSSR count). The Morgan fingerprint density at radius 3 is 2.73 bits per heavy atom. The number of aromatic amines is 1. The molecule has 1 aromatic carbocycles. The van der Waals surface area contributed by atoms with Crippen LogP contribution in [0.5, 0.6) is 0 Å². The Morgan fingerprint density at radius 1 is 1.12 bits per heavy atom. The number of aryl methyl sites for hydroxylation is 1. The van der Waals surface area contributed by atoms with E-state index in [1.165, 1.54) is 55.2 Å². The standard InChI is InChI=1S/C22H28N4/c1-16-20(13-21-22(26-16)25-15-24-21)19-9-7-18(8-10-19)14-23-12-11-17-5-3-2-4-6-17/h7-10,13,15,17,23H,2-6,11-12,14H2,1H3,(H,24,25,26). The Bertz CT molecular complexity index is 844. The summed E-state index contributed by atoms with van der Waals surface area (Å²) in [6.45, 7) is 4.12. The normalized spacial score (nSPS) is 15.6. The highest BCUT2D eigenvalue weighted by Crippen LogP contribution is 2.26. The van der Waals surface area contributed by atoms with Crippen LogP contribution in [0.2, 0.25) is 0 Å². The fourth-order valence-corrected chi connectivity index (χ4v) is 4.07. The van der Waals surface area contributed by atoms with Crippen LogP contribution in [0.1, 0.15) is 49.8 Å². The lowest BCUT2D eigenvalue weighted by molar-refractivity contribution is 0.334. The maximum atomic E-state index is 4.58. The smallest absolute Gasteiger partial charge is 0.177 e. The number of hydrogen-bond donors (Lipinski definition) is 2. The molecule has 26 heavy (non-hydrogen) atoms. The number of benzene rings is 1. The molecule has 0 spiro atoms. The molecule has 1 aliphatic carbocycles. The van der Waals surface area contributed by atoms with E-state index in [1.54, 1.807) is 6.33 Å². The molecule has 3 aromatic rings. The number of pyridine rings is 1. The molecule has 0 atom stereocenters. The summed E-state index contributed by atoms with van der Waals surface area (Å²) in [5.74, 6) is 0.950. The Kier molecular flexibility index (Phi) is 5.30. The van der Waals surface area contributed by atoms with Gasteiger partial charge in [-0.05, 0) is 43.0 Å². The van der Waals surface area contributed by atoms with Gasteiger partial charge >= 0.3 is 0 Å². The van der Waals surface area contributed by atoms with Crippen LogP contribution in [0, 0.1) is 12.8 Å². The number of rotatable bonds is 6.